The standard InChI is InChI=1S/C15H17BrN6O5/c16-12-10(2-3-11-13(12)18-5-4-17-11)20-14-19-6-7-21(14)15(23)26-8-1-9-27-22(24)25/h2-5,24-25H,1,6-9H2,(H,19,20). The number of aliphatic imine (C=N–C) groups is 1. The molecule has 1 amide bonds. The number of guanidine groups is 1. The van der Waals surface area contributed by atoms with Crippen molar-refractivity contribution in [3.05, 3.63) is 29.0 Å². The van der Waals surface area contributed by atoms with Crippen LogP contribution in [-0.2, 0) is 9.57 Å². The van der Waals surface area contributed by atoms with Gasteiger partial charge in [0.1, 0.15) is 5.52 Å². The predicted octanol–water partition coefficient (Wildman–Crippen LogP) is 2.01. The van der Waals surface area contributed by atoms with Crippen molar-refractivity contribution in [1.29, 1.82) is 0 Å². The van der Waals surface area contributed by atoms with Crippen molar-refractivity contribution in [1.82, 2.24) is 20.3 Å². The van der Waals surface area contributed by atoms with Crippen LogP contribution in [0.15, 0.2) is 34.0 Å². The van der Waals surface area contributed by atoms with Crippen molar-refractivity contribution in [3.8, 4) is 0 Å². The summed E-state index contributed by atoms with van der Waals surface area (Å²) in [5.41, 5.74) is 2.13. The maximum Gasteiger partial charge on any atom is 0.416 e. The number of nitrogens with one attached hydrogen (secondary N) is 1. The van der Waals surface area contributed by atoms with Crippen LogP contribution in [0.25, 0.3) is 11.0 Å². The molecule has 0 saturated carbocycles. The molecule has 0 saturated heterocycles. The SMILES string of the molecule is O=C(OCCCON(O)O)N1CCN=C1Nc1ccc2nccnc2c1Br. The molecule has 2 aromatic rings. The van der Waals surface area contributed by atoms with Crippen LogP contribution < -0.4 is 5.32 Å². The van der Waals surface area contributed by atoms with Gasteiger partial charge in [-0.15, -0.1) is 0 Å². The van der Waals surface area contributed by atoms with Crippen LogP contribution in [0.3, 0.4) is 0 Å². The Bertz CT molecular complexity index is 849. The zero-order chi connectivity index (χ0) is 19.2. The Morgan fingerprint density at radius 1 is 1.30 bits per heavy atom. The Balaban J connectivity index is 1.60. The average Bonchev–Trinajstić information content (AvgIpc) is 3.12. The summed E-state index contributed by atoms with van der Waals surface area (Å²) in [5, 5.41) is 19.5. The summed E-state index contributed by atoms with van der Waals surface area (Å²) >= 11 is 3.50. The summed E-state index contributed by atoms with van der Waals surface area (Å²) in [5.74, 6) is 0.372. The Kier molecular flexibility index (Phi) is 6.47. The number of halogens is 1. The van der Waals surface area contributed by atoms with E-state index in [-0.39, 0.29) is 18.6 Å². The van der Waals surface area contributed by atoms with Gasteiger partial charge in [0.2, 0.25) is 5.96 Å². The molecular formula is C15H17BrN6O5. The Morgan fingerprint density at radius 3 is 2.93 bits per heavy atom. The fourth-order valence-corrected chi connectivity index (χ4v) is 2.93. The van der Waals surface area contributed by atoms with Crippen molar-refractivity contribution in [2.75, 3.05) is 31.6 Å². The quantitative estimate of drug-likeness (QED) is 0.455. The Morgan fingerprint density at radius 2 is 2.11 bits per heavy atom. The van der Waals surface area contributed by atoms with Gasteiger partial charge in [-0.1, -0.05) is 0 Å². The lowest BCUT2D eigenvalue weighted by Gasteiger charge is -2.19. The number of hydrogen-bond donors (Lipinski definition) is 3. The second kappa shape index (κ2) is 9.01. The summed E-state index contributed by atoms with van der Waals surface area (Å²) in [7, 11) is 0. The molecule has 0 aliphatic carbocycles. The lowest BCUT2D eigenvalue weighted by atomic mass is 10.2. The van der Waals surface area contributed by atoms with Crippen molar-refractivity contribution in [2.24, 2.45) is 4.99 Å². The Labute approximate surface area is 162 Å². The van der Waals surface area contributed by atoms with Gasteiger partial charge in [-0.25, -0.2) is 9.69 Å². The van der Waals surface area contributed by atoms with Crippen LogP contribution in [0.5, 0.6) is 0 Å². The summed E-state index contributed by atoms with van der Waals surface area (Å²) in [6, 6.07) is 3.64. The van der Waals surface area contributed by atoms with E-state index in [0.29, 0.717) is 41.1 Å². The molecule has 2 heterocycles. The van der Waals surface area contributed by atoms with Gasteiger partial charge in [-0.05, 0) is 28.1 Å². The van der Waals surface area contributed by atoms with Crippen LogP contribution in [0, 0.1) is 0 Å². The van der Waals surface area contributed by atoms with Crippen LogP contribution in [0.2, 0.25) is 0 Å². The summed E-state index contributed by atoms with van der Waals surface area (Å²) in [4.78, 5) is 30.8. The van der Waals surface area contributed by atoms with Crippen LogP contribution in [0.1, 0.15) is 6.42 Å². The van der Waals surface area contributed by atoms with Crippen LogP contribution in [-0.4, -0.2) is 69.0 Å². The highest BCUT2D eigenvalue weighted by Crippen LogP contribution is 2.29. The molecule has 1 aliphatic rings. The third kappa shape index (κ3) is 4.87. The number of nitrogens with zero attached hydrogens (tertiary/aromatic N) is 5. The number of hydrogen-bond acceptors (Lipinski definition) is 10. The predicted molar refractivity (Wildman–Crippen MR) is 97.2 cm³/mol. The number of rotatable bonds is 6. The molecule has 1 aliphatic heterocycles. The van der Waals surface area contributed by atoms with Crippen molar-refractivity contribution >= 4 is 44.7 Å². The third-order valence-electron chi connectivity index (χ3n) is 3.61. The number of ether oxygens (including phenoxy) is 1. The van der Waals surface area contributed by atoms with E-state index in [1.807, 2.05) is 12.1 Å². The highest BCUT2D eigenvalue weighted by atomic mass is 79.9. The molecule has 0 fully saturated rings. The van der Waals surface area contributed by atoms with Gasteiger partial charge in [0.15, 0.2) is 0 Å². The molecule has 1 aromatic carbocycles. The molecule has 144 valence electrons. The number of carbonyl (C=O) groups is 1. The minimum Gasteiger partial charge on any atom is -0.449 e. The van der Waals surface area contributed by atoms with Gasteiger partial charge in [0, 0.05) is 18.8 Å². The van der Waals surface area contributed by atoms with E-state index in [2.05, 4.69) is 41.0 Å². The first kappa shape index (κ1) is 19.4. The first-order valence-corrected chi connectivity index (χ1v) is 8.81. The first-order chi connectivity index (χ1) is 13.1. The second-order valence-electron chi connectivity index (χ2n) is 5.39. The smallest absolute Gasteiger partial charge is 0.416 e. The topological polar surface area (TPSA) is 133 Å². The maximum atomic E-state index is 12.2. The van der Waals surface area contributed by atoms with E-state index in [1.165, 1.54) is 4.90 Å². The van der Waals surface area contributed by atoms with Gasteiger partial charge in [0.25, 0.3) is 0 Å². The number of amides is 1. The zero-order valence-electron chi connectivity index (χ0n) is 14.1. The van der Waals surface area contributed by atoms with E-state index in [0.717, 1.165) is 5.52 Å². The molecule has 12 heteroatoms. The molecule has 11 nitrogen and oxygen atoms in total. The van der Waals surface area contributed by atoms with E-state index in [4.69, 9.17) is 15.2 Å². The average molecular weight is 441 g/mol. The van der Waals surface area contributed by atoms with Crippen LogP contribution in [0.4, 0.5) is 10.5 Å². The molecule has 0 bridgehead atoms. The zero-order valence-corrected chi connectivity index (χ0v) is 15.7. The molecule has 0 unspecified atom stereocenters. The normalized spacial score (nSPS) is 13.9. The van der Waals surface area contributed by atoms with Gasteiger partial charge >= 0.3 is 6.09 Å². The third-order valence-corrected chi connectivity index (χ3v) is 4.41. The van der Waals surface area contributed by atoms with Gasteiger partial charge in [0.05, 0.1) is 47.4 Å². The van der Waals surface area contributed by atoms with Crippen molar-refractivity contribution in [2.45, 2.75) is 6.42 Å². The van der Waals surface area contributed by atoms with Gasteiger partial charge < -0.3 is 10.1 Å². The molecule has 0 spiro atoms. The van der Waals surface area contributed by atoms with Gasteiger partial charge in [-0.2, -0.15) is 0 Å². The minimum absolute atomic E-state index is 0.00938. The van der Waals surface area contributed by atoms with Crippen molar-refractivity contribution in [3.63, 3.8) is 0 Å². The molecule has 3 N–H and O–H groups in total. The van der Waals surface area contributed by atoms with E-state index in [9.17, 15) is 4.79 Å². The molecule has 27 heavy (non-hydrogen) atoms. The first-order valence-electron chi connectivity index (χ1n) is 8.02. The largest absolute Gasteiger partial charge is 0.449 e. The fraction of sp³-hybridized carbons (Fsp3) is 0.333. The summed E-state index contributed by atoms with van der Waals surface area (Å²) in [6.07, 6.45) is 2.96. The highest BCUT2D eigenvalue weighted by molar-refractivity contribution is 9.10. The minimum atomic E-state index is -0.555. The monoisotopic (exact) mass is 440 g/mol. The maximum absolute atomic E-state index is 12.2. The van der Waals surface area contributed by atoms with E-state index < -0.39 is 6.09 Å². The molecule has 3 rings (SSSR count). The summed E-state index contributed by atoms with van der Waals surface area (Å²) < 4.78 is 5.86. The Hall–Kier alpha value is -2.38. The fourth-order valence-electron chi connectivity index (χ4n) is 2.39. The molecule has 0 radical (unpaired) electrons. The lowest BCUT2D eigenvalue weighted by molar-refractivity contribution is -0.492. The van der Waals surface area contributed by atoms with Crippen LogP contribution >= 0.6 is 15.9 Å². The van der Waals surface area contributed by atoms with Crippen molar-refractivity contribution < 1.29 is 24.8 Å². The highest BCUT2D eigenvalue weighted by Gasteiger charge is 2.26. The van der Waals surface area contributed by atoms with E-state index >= 15 is 0 Å². The lowest BCUT2D eigenvalue weighted by Crippen LogP contribution is -2.39. The second-order valence-corrected chi connectivity index (χ2v) is 6.18. The van der Waals surface area contributed by atoms with Gasteiger partial charge in [-0.3, -0.25) is 30.2 Å². The molecular weight excluding hydrogens is 424 g/mol. The summed E-state index contributed by atoms with van der Waals surface area (Å²) in [6.45, 7) is 0.898. The number of benzene rings is 1. The number of fused-ring (bicyclic) bond motifs is 1. The number of carbonyl (C=O) groups excluding carboxylic acids is 1. The van der Waals surface area contributed by atoms with E-state index in [1.54, 1.807) is 12.4 Å². The molecule has 1 aromatic heterocycles. The number of anilines is 1. The molecule has 0 atom stereocenters. The number of aromatic nitrogens is 2.